The van der Waals surface area contributed by atoms with Crippen LogP contribution in [0.15, 0.2) is 6.20 Å². The van der Waals surface area contributed by atoms with Gasteiger partial charge in [-0.05, 0) is 31.6 Å². The minimum absolute atomic E-state index is 0.0943. The van der Waals surface area contributed by atoms with E-state index in [4.69, 9.17) is 0 Å². The molecule has 1 aliphatic heterocycles. The van der Waals surface area contributed by atoms with Crippen LogP contribution in [0.1, 0.15) is 55.4 Å². The fourth-order valence-electron chi connectivity index (χ4n) is 3.46. The van der Waals surface area contributed by atoms with E-state index in [-0.39, 0.29) is 5.91 Å². The van der Waals surface area contributed by atoms with Crippen molar-refractivity contribution in [3.8, 4) is 0 Å². The van der Waals surface area contributed by atoms with Crippen LogP contribution in [0.2, 0.25) is 0 Å². The van der Waals surface area contributed by atoms with Crippen LogP contribution in [0, 0.1) is 5.92 Å². The number of likely N-dealkylation sites (tertiary alicyclic amines) is 1. The summed E-state index contributed by atoms with van der Waals surface area (Å²) in [4.78, 5) is 14.5. The van der Waals surface area contributed by atoms with Gasteiger partial charge in [0.25, 0.3) is 5.91 Å². The fraction of sp³-hybridized carbons (Fsp3) is 0.769. The Hall–Kier alpha value is -0.970. The van der Waals surface area contributed by atoms with Crippen molar-refractivity contribution in [2.45, 2.75) is 51.0 Å². The molecule has 1 saturated carbocycles. The van der Waals surface area contributed by atoms with E-state index < -0.39 is 0 Å². The standard InChI is InChI=1S/C13H19N3OS/c17-13(11-9-14-18-15-11)16-8-4-7-12(16)10-5-2-1-3-6-10/h9-10,12H,1-8H2. The highest BCUT2D eigenvalue weighted by atomic mass is 32.1. The lowest BCUT2D eigenvalue weighted by Crippen LogP contribution is -2.40. The first-order chi connectivity index (χ1) is 8.86. The van der Waals surface area contributed by atoms with Crippen molar-refractivity contribution in [3.05, 3.63) is 11.9 Å². The smallest absolute Gasteiger partial charge is 0.275 e. The lowest BCUT2D eigenvalue weighted by atomic mass is 9.83. The molecule has 3 rings (SSSR count). The Morgan fingerprint density at radius 2 is 2.06 bits per heavy atom. The zero-order valence-corrected chi connectivity index (χ0v) is 11.4. The molecule has 4 nitrogen and oxygen atoms in total. The predicted octanol–water partition coefficient (Wildman–Crippen LogP) is 2.72. The van der Waals surface area contributed by atoms with Crippen molar-refractivity contribution in [1.29, 1.82) is 0 Å². The molecule has 0 N–H and O–H groups in total. The molecule has 2 heterocycles. The highest BCUT2D eigenvalue weighted by molar-refractivity contribution is 6.99. The molecule has 1 unspecified atom stereocenters. The lowest BCUT2D eigenvalue weighted by Gasteiger charge is -2.33. The summed E-state index contributed by atoms with van der Waals surface area (Å²) in [6.45, 7) is 0.900. The number of nitrogens with zero attached hydrogens (tertiary/aromatic N) is 3. The summed E-state index contributed by atoms with van der Waals surface area (Å²) < 4.78 is 8.01. The van der Waals surface area contributed by atoms with Crippen LogP contribution in [0.3, 0.4) is 0 Å². The van der Waals surface area contributed by atoms with Crippen molar-refractivity contribution >= 4 is 17.6 Å². The molecular formula is C13H19N3OS. The number of carbonyl (C=O) groups is 1. The van der Waals surface area contributed by atoms with Crippen LogP contribution in [-0.4, -0.2) is 32.1 Å². The molecule has 1 amide bonds. The van der Waals surface area contributed by atoms with Crippen LogP contribution < -0.4 is 0 Å². The van der Waals surface area contributed by atoms with Crippen molar-refractivity contribution in [2.75, 3.05) is 6.54 Å². The van der Waals surface area contributed by atoms with E-state index in [1.807, 2.05) is 0 Å². The van der Waals surface area contributed by atoms with Gasteiger partial charge < -0.3 is 4.90 Å². The minimum Gasteiger partial charge on any atom is -0.334 e. The van der Waals surface area contributed by atoms with Gasteiger partial charge in [-0.25, -0.2) is 0 Å². The Labute approximate surface area is 112 Å². The molecule has 5 heteroatoms. The van der Waals surface area contributed by atoms with Crippen LogP contribution in [0.4, 0.5) is 0 Å². The molecule has 2 aliphatic rings. The van der Waals surface area contributed by atoms with Crippen LogP contribution in [0.25, 0.3) is 0 Å². The lowest BCUT2D eigenvalue weighted by molar-refractivity contribution is 0.0656. The second-order valence-electron chi connectivity index (χ2n) is 5.40. The Morgan fingerprint density at radius 3 is 2.78 bits per heavy atom. The minimum atomic E-state index is 0.0943. The number of carbonyl (C=O) groups excluding carboxylic acids is 1. The third kappa shape index (κ3) is 2.28. The molecule has 2 fully saturated rings. The Morgan fingerprint density at radius 1 is 1.22 bits per heavy atom. The van der Waals surface area contributed by atoms with Gasteiger partial charge in [0.2, 0.25) is 0 Å². The molecule has 1 saturated heterocycles. The summed E-state index contributed by atoms with van der Waals surface area (Å²) in [5, 5.41) is 0. The largest absolute Gasteiger partial charge is 0.334 e. The first kappa shape index (κ1) is 12.1. The summed E-state index contributed by atoms with van der Waals surface area (Å²) in [6, 6.07) is 0.458. The quantitative estimate of drug-likeness (QED) is 0.826. The maximum absolute atomic E-state index is 12.4. The van der Waals surface area contributed by atoms with Gasteiger partial charge in [-0.1, -0.05) is 19.3 Å². The van der Waals surface area contributed by atoms with Crippen LogP contribution in [0.5, 0.6) is 0 Å². The topological polar surface area (TPSA) is 46.1 Å². The summed E-state index contributed by atoms with van der Waals surface area (Å²) in [5.74, 6) is 0.814. The van der Waals surface area contributed by atoms with Gasteiger partial charge in [0.15, 0.2) is 5.69 Å². The van der Waals surface area contributed by atoms with E-state index in [0.717, 1.165) is 30.6 Å². The maximum atomic E-state index is 12.4. The molecular weight excluding hydrogens is 246 g/mol. The first-order valence-electron chi connectivity index (χ1n) is 6.95. The van der Waals surface area contributed by atoms with Gasteiger partial charge in [-0.15, -0.1) is 0 Å². The molecule has 0 radical (unpaired) electrons. The molecule has 0 bridgehead atoms. The second-order valence-corrected chi connectivity index (χ2v) is 5.96. The molecule has 1 aromatic heterocycles. The summed E-state index contributed by atoms with van der Waals surface area (Å²) >= 11 is 1.12. The third-order valence-corrected chi connectivity index (χ3v) is 4.81. The van der Waals surface area contributed by atoms with E-state index in [0.29, 0.717) is 11.7 Å². The number of hydrogen-bond donors (Lipinski definition) is 0. The Balaban J connectivity index is 1.72. The van der Waals surface area contributed by atoms with Gasteiger partial charge in [0.1, 0.15) is 0 Å². The predicted molar refractivity (Wildman–Crippen MR) is 70.5 cm³/mol. The first-order valence-corrected chi connectivity index (χ1v) is 7.68. The van der Waals surface area contributed by atoms with Gasteiger partial charge in [-0.3, -0.25) is 4.79 Å². The number of aromatic nitrogens is 2. The Bertz CT molecular complexity index is 400. The van der Waals surface area contributed by atoms with Crippen molar-refractivity contribution < 1.29 is 4.79 Å². The third-order valence-electron chi connectivity index (χ3n) is 4.33. The van der Waals surface area contributed by atoms with Crippen molar-refractivity contribution in [2.24, 2.45) is 5.92 Å². The van der Waals surface area contributed by atoms with Gasteiger partial charge >= 0.3 is 0 Å². The molecule has 1 atom stereocenters. The van der Waals surface area contributed by atoms with Crippen molar-refractivity contribution in [1.82, 2.24) is 13.6 Å². The normalized spacial score (nSPS) is 25.6. The molecule has 1 aliphatic carbocycles. The van der Waals surface area contributed by atoms with Gasteiger partial charge in [-0.2, -0.15) is 8.75 Å². The second kappa shape index (κ2) is 5.34. The highest BCUT2D eigenvalue weighted by Gasteiger charge is 2.36. The Kier molecular flexibility index (Phi) is 3.59. The number of hydrogen-bond acceptors (Lipinski definition) is 4. The zero-order chi connectivity index (χ0) is 12.4. The van der Waals surface area contributed by atoms with Gasteiger partial charge in [0, 0.05) is 12.6 Å². The number of amides is 1. The monoisotopic (exact) mass is 265 g/mol. The van der Waals surface area contributed by atoms with E-state index in [1.54, 1.807) is 6.20 Å². The maximum Gasteiger partial charge on any atom is 0.275 e. The van der Waals surface area contributed by atoms with Crippen LogP contribution >= 0.6 is 11.7 Å². The average Bonchev–Trinajstić information content (AvgIpc) is 3.10. The average molecular weight is 265 g/mol. The SMILES string of the molecule is O=C(c1cnsn1)N1CCCC1C1CCCCC1. The number of rotatable bonds is 2. The molecule has 1 aromatic rings. The summed E-state index contributed by atoms with van der Waals surface area (Å²) in [7, 11) is 0. The van der Waals surface area contributed by atoms with Crippen molar-refractivity contribution in [3.63, 3.8) is 0 Å². The molecule has 18 heavy (non-hydrogen) atoms. The molecule has 0 spiro atoms. The summed E-state index contributed by atoms with van der Waals surface area (Å²) in [6.07, 6.45) is 10.5. The molecule has 98 valence electrons. The van der Waals surface area contributed by atoms with E-state index in [1.165, 1.54) is 38.5 Å². The zero-order valence-electron chi connectivity index (χ0n) is 10.5. The molecule has 0 aromatic carbocycles. The fourth-order valence-corrected chi connectivity index (χ4v) is 3.87. The summed E-state index contributed by atoms with van der Waals surface area (Å²) in [5.41, 5.74) is 0.530. The van der Waals surface area contributed by atoms with E-state index >= 15 is 0 Å². The highest BCUT2D eigenvalue weighted by Crippen LogP contribution is 2.34. The van der Waals surface area contributed by atoms with E-state index in [9.17, 15) is 4.79 Å². The van der Waals surface area contributed by atoms with E-state index in [2.05, 4.69) is 13.6 Å². The van der Waals surface area contributed by atoms with Crippen LogP contribution in [-0.2, 0) is 0 Å². The van der Waals surface area contributed by atoms with Gasteiger partial charge in [0.05, 0.1) is 17.9 Å².